The van der Waals surface area contributed by atoms with Crippen molar-refractivity contribution in [3.05, 3.63) is 52.3 Å². The van der Waals surface area contributed by atoms with Crippen LogP contribution in [0.3, 0.4) is 0 Å². The average Bonchev–Trinajstić information content (AvgIpc) is 3.09. The number of nitrogens with zero attached hydrogens (tertiary/aromatic N) is 1. The summed E-state index contributed by atoms with van der Waals surface area (Å²) in [5.41, 5.74) is 2.64. The number of aromatic nitrogens is 1. The summed E-state index contributed by atoms with van der Waals surface area (Å²) in [5, 5.41) is 3.39. The molecule has 0 unspecified atom stereocenters. The zero-order valence-electron chi connectivity index (χ0n) is 15.8. The van der Waals surface area contributed by atoms with Crippen LogP contribution in [0, 0.1) is 12.7 Å². The van der Waals surface area contributed by atoms with Gasteiger partial charge in [-0.05, 0) is 63.3 Å². The quantitative estimate of drug-likeness (QED) is 0.550. The van der Waals surface area contributed by atoms with Crippen LogP contribution >= 0.6 is 11.3 Å². The van der Waals surface area contributed by atoms with Crippen LogP contribution in [0.5, 0.6) is 0 Å². The molecule has 0 saturated carbocycles. The first-order valence-corrected chi connectivity index (χ1v) is 10.2. The summed E-state index contributed by atoms with van der Waals surface area (Å²) in [4.78, 5) is 28.9. The highest BCUT2D eigenvalue weighted by molar-refractivity contribution is 7.17. The Morgan fingerprint density at radius 1 is 1.25 bits per heavy atom. The van der Waals surface area contributed by atoms with Gasteiger partial charge in [-0.2, -0.15) is 0 Å². The van der Waals surface area contributed by atoms with Crippen molar-refractivity contribution >= 4 is 23.2 Å². The lowest BCUT2D eigenvalue weighted by atomic mass is 9.97. The third-order valence-electron chi connectivity index (χ3n) is 4.56. The number of esters is 1. The molecule has 1 amide bonds. The number of amides is 1. The maximum absolute atomic E-state index is 13.1. The largest absolute Gasteiger partial charge is 0.451 e. The van der Waals surface area contributed by atoms with Gasteiger partial charge < -0.3 is 10.1 Å². The lowest BCUT2D eigenvalue weighted by Gasteiger charge is -2.12. The molecular formula is C21H23FN2O3S. The summed E-state index contributed by atoms with van der Waals surface area (Å²) in [7, 11) is 0. The molecule has 28 heavy (non-hydrogen) atoms. The van der Waals surface area contributed by atoms with Crippen LogP contribution < -0.4 is 5.32 Å². The minimum absolute atomic E-state index is 0.314. The first-order valence-electron chi connectivity index (χ1n) is 9.38. The maximum atomic E-state index is 13.1. The lowest BCUT2D eigenvalue weighted by Crippen LogP contribution is -2.29. The van der Waals surface area contributed by atoms with Crippen LogP contribution in [-0.4, -0.2) is 30.0 Å². The molecule has 1 heterocycles. The Bertz CT molecular complexity index is 874. The number of hydrogen-bond acceptors (Lipinski definition) is 5. The molecule has 1 aliphatic carbocycles. The Morgan fingerprint density at radius 3 is 2.75 bits per heavy atom. The van der Waals surface area contributed by atoms with Crippen LogP contribution in [0.25, 0.3) is 10.6 Å². The van der Waals surface area contributed by atoms with Crippen molar-refractivity contribution in [2.45, 2.75) is 39.0 Å². The third-order valence-corrected chi connectivity index (χ3v) is 5.75. The molecule has 2 aromatic rings. The van der Waals surface area contributed by atoms with E-state index in [-0.39, 0.29) is 18.3 Å². The number of benzene rings is 1. The summed E-state index contributed by atoms with van der Waals surface area (Å²) in [5.74, 6) is -1.22. The van der Waals surface area contributed by atoms with Crippen LogP contribution in [0.2, 0.25) is 0 Å². The molecule has 148 valence electrons. The van der Waals surface area contributed by atoms with Crippen LogP contribution in [0.15, 0.2) is 35.9 Å². The molecule has 7 heteroatoms. The fraction of sp³-hybridized carbons (Fsp3) is 0.381. The SMILES string of the molecule is Cc1nc(-c2ccc(F)cc2)sc1C(=O)OCC(=O)NCCC1=CCCCC1. The van der Waals surface area contributed by atoms with E-state index in [1.165, 1.54) is 41.9 Å². The number of carbonyl (C=O) groups is 2. The van der Waals surface area contributed by atoms with E-state index in [2.05, 4.69) is 16.4 Å². The van der Waals surface area contributed by atoms with Crippen LogP contribution in [0.1, 0.15) is 47.5 Å². The summed E-state index contributed by atoms with van der Waals surface area (Å²) in [6, 6.07) is 5.91. The highest BCUT2D eigenvalue weighted by Gasteiger charge is 2.18. The number of aryl methyl sites for hydroxylation is 1. The molecule has 1 aromatic carbocycles. The fourth-order valence-electron chi connectivity index (χ4n) is 3.04. The zero-order valence-corrected chi connectivity index (χ0v) is 16.6. The zero-order chi connectivity index (χ0) is 19.9. The minimum Gasteiger partial charge on any atom is -0.451 e. The van der Waals surface area contributed by atoms with Crippen molar-refractivity contribution in [2.75, 3.05) is 13.2 Å². The summed E-state index contributed by atoms with van der Waals surface area (Å²) < 4.78 is 18.2. The molecule has 3 rings (SSSR count). The van der Waals surface area contributed by atoms with Crippen molar-refractivity contribution in [1.29, 1.82) is 0 Å². The van der Waals surface area contributed by atoms with E-state index in [1.54, 1.807) is 19.1 Å². The Hall–Kier alpha value is -2.54. The minimum atomic E-state index is -0.575. The molecule has 5 nitrogen and oxygen atoms in total. The monoisotopic (exact) mass is 402 g/mol. The normalized spacial score (nSPS) is 13.7. The average molecular weight is 402 g/mol. The standard InChI is InChI=1S/C21H23FN2O3S/c1-14-19(28-20(24-14)16-7-9-17(22)10-8-16)21(26)27-13-18(25)23-12-11-15-5-3-2-4-6-15/h5,7-10H,2-4,6,11-13H2,1H3,(H,23,25). The number of nitrogens with one attached hydrogen (secondary N) is 1. The van der Waals surface area contributed by atoms with Crippen molar-refractivity contribution in [2.24, 2.45) is 0 Å². The molecule has 0 saturated heterocycles. The van der Waals surface area contributed by atoms with Crippen LogP contribution in [-0.2, 0) is 9.53 Å². The van der Waals surface area contributed by atoms with E-state index in [9.17, 15) is 14.0 Å². The molecule has 1 N–H and O–H groups in total. The van der Waals surface area contributed by atoms with Gasteiger partial charge in [0.05, 0.1) is 5.69 Å². The van der Waals surface area contributed by atoms with Crippen LogP contribution in [0.4, 0.5) is 4.39 Å². The molecular weight excluding hydrogens is 379 g/mol. The van der Waals surface area contributed by atoms with Gasteiger partial charge in [-0.1, -0.05) is 11.6 Å². The second-order valence-corrected chi connectivity index (χ2v) is 7.72. The first kappa shape index (κ1) is 20.2. The smallest absolute Gasteiger partial charge is 0.350 e. The van der Waals surface area contributed by atoms with E-state index in [4.69, 9.17) is 4.74 Å². The fourth-order valence-corrected chi connectivity index (χ4v) is 4.01. The highest BCUT2D eigenvalue weighted by atomic mass is 32.1. The molecule has 1 aromatic heterocycles. The van der Waals surface area contributed by atoms with E-state index >= 15 is 0 Å². The Labute approximate surface area is 167 Å². The number of hydrogen-bond donors (Lipinski definition) is 1. The van der Waals surface area contributed by atoms with Crippen molar-refractivity contribution in [3.63, 3.8) is 0 Å². The van der Waals surface area contributed by atoms with Gasteiger partial charge in [-0.25, -0.2) is 14.2 Å². The molecule has 0 radical (unpaired) electrons. The highest BCUT2D eigenvalue weighted by Crippen LogP contribution is 2.28. The predicted octanol–water partition coefficient (Wildman–Crippen LogP) is 4.42. The number of halogens is 1. The van der Waals surface area contributed by atoms with Gasteiger partial charge in [0.15, 0.2) is 6.61 Å². The van der Waals surface area contributed by atoms with E-state index in [1.807, 2.05) is 0 Å². The predicted molar refractivity (Wildman–Crippen MR) is 107 cm³/mol. The Kier molecular flexibility index (Phi) is 6.92. The van der Waals surface area contributed by atoms with Crippen molar-refractivity contribution in [1.82, 2.24) is 10.3 Å². The van der Waals surface area contributed by atoms with Gasteiger partial charge >= 0.3 is 5.97 Å². The van der Waals surface area contributed by atoms with Crippen molar-refractivity contribution < 1.29 is 18.7 Å². The second-order valence-electron chi connectivity index (χ2n) is 6.72. The number of thiazole rings is 1. The number of allylic oxidation sites excluding steroid dienone is 1. The summed E-state index contributed by atoms with van der Waals surface area (Å²) in [6.45, 7) is 1.94. The number of rotatable bonds is 7. The Balaban J connectivity index is 1.48. The Morgan fingerprint density at radius 2 is 2.04 bits per heavy atom. The molecule has 0 bridgehead atoms. The topological polar surface area (TPSA) is 68.3 Å². The molecule has 1 aliphatic rings. The van der Waals surface area contributed by atoms with Gasteiger partial charge in [-0.3, -0.25) is 4.79 Å². The van der Waals surface area contributed by atoms with Crippen molar-refractivity contribution in [3.8, 4) is 10.6 Å². The van der Waals surface area contributed by atoms with E-state index in [0.29, 0.717) is 22.1 Å². The second kappa shape index (κ2) is 9.59. The van der Waals surface area contributed by atoms with Gasteiger partial charge in [0.25, 0.3) is 5.91 Å². The van der Waals surface area contributed by atoms with E-state index < -0.39 is 5.97 Å². The third kappa shape index (κ3) is 5.48. The summed E-state index contributed by atoms with van der Waals surface area (Å²) in [6.07, 6.45) is 7.77. The van der Waals surface area contributed by atoms with Gasteiger partial charge in [0.1, 0.15) is 15.7 Å². The molecule has 0 atom stereocenters. The molecule has 0 aliphatic heterocycles. The van der Waals surface area contributed by atoms with Gasteiger partial charge in [0, 0.05) is 12.1 Å². The summed E-state index contributed by atoms with van der Waals surface area (Å²) >= 11 is 1.17. The maximum Gasteiger partial charge on any atom is 0.350 e. The lowest BCUT2D eigenvalue weighted by molar-refractivity contribution is -0.124. The number of ether oxygens (including phenoxy) is 1. The first-order chi connectivity index (χ1) is 13.5. The van der Waals surface area contributed by atoms with Gasteiger partial charge in [0.2, 0.25) is 0 Å². The number of carbonyl (C=O) groups excluding carboxylic acids is 2. The van der Waals surface area contributed by atoms with Gasteiger partial charge in [-0.15, -0.1) is 11.3 Å². The van der Waals surface area contributed by atoms with E-state index in [0.717, 1.165) is 24.8 Å². The molecule has 0 spiro atoms. The molecule has 0 fully saturated rings.